The van der Waals surface area contributed by atoms with Gasteiger partial charge in [-0.2, -0.15) is 0 Å². The van der Waals surface area contributed by atoms with E-state index in [1.165, 1.54) is 0 Å². The Morgan fingerprint density at radius 2 is 1.94 bits per heavy atom. The summed E-state index contributed by atoms with van der Waals surface area (Å²) < 4.78 is 6.26. The number of ketones is 1. The maximum Gasteiger partial charge on any atom is 0.339 e. The highest BCUT2D eigenvalue weighted by Crippen LogP contribution is 2.72. The van der Waals surface area contributed by atoms with Gasteiger partial charge in [0.1, 0.15) is 17.0 Å². The molecular formula is C24H27NO8. The van der Waals surface area contributed by atoms with Crippen LogP contribution in [-0.2, 0) is 14.3 Å². The van der Waals surface area contributed by atoms with Crippen LogP contribution in [0.4, 0.5) is 5.69 Å². The van der Waals surface area contributed by atoms with Crippen molar-refractivity contribution in [2.24, 2.45) is 16.7 Å². The van der Waals surface area contributed by atoms with Crippen molar-refractivity contribution in [1.82, 2.24) is 0 Å². The van der Waals surface area contributed by atoms with Crippen LogP contribution in [0.25, 0.3) is 0 Å². The van der Waals surface area contributed by atoms with E-state index in [1.807, 2.05) is 19.9 Å². The van der Waals surface area contributed by atoms with E-state index in [9.17, 15) is 29.7 Å². The molecule has 0 unspecified atom stereocenters. The molecule has 1 aromatic rings. The minimum Gasteiger partial charge on any atom is -0.506 e. The Hall–Kier alpha value is -2.91. The van der Waals surface area contributed by atoms with Gasteiger partial charge in [0.05, 0.1) is 17.3 Å². The second-order valence-electron chi connectivity index (χ2n) is 10.5. The molecule has 2 heterocycles. The van der Waals surface area contributed by atoms with Gasteiger partial charge in [-0.1, -0.05) is 13.0 Å². The highest BCUT2D eigenvalue weighted by atomic mass is 16.5. The van der Waals surface area contributed by atoms with Gasteiger partial charge in [-0.15, -0.1) is 0 Å². The second-order valence-corrected chi connectivity index (χ2v) is 10.5. The molecule has 33 heavy (non-hydrogen) atoms. The van der Waals surface area contributed by atoms with Crippen LogP contribution in [0.3, 0.4) is 0 Å². The molecule has 9 heteroatoms. The summed E-state index contributed by atoms with van der Waals surface area (Å²) in [7, 11) is 0. The maximum absolute atomic E-state index is 13.1. The lowest BCUT2D eigenvalue weighted by molar-refractivity contribution is -0.171. The molecule has 0 radical (unpaired) electrons. The van der Waals surface area contributed by atoms with E-state index in [0.717, 1.165) is 12.1 Å². The number of rotatable bonds is 5. The van der Waals surface area contributed by atoms with Gasteiger partial charge in [-0.25, -0.2) is 4.79 Å². The normalized spacial score (nSPS) is 40.2. The zero-order valence-electron chi connectivity index (χ0n) is 18.4. The molecule has 9 nitrogen and oxygen atoms in total. The van der Waals surface area contributed by atoms with Crippen molar-refractivity contribution in [3.05, 3.63) is 29.8 Å². The largest absolute Gasteiger partial charge is 0.506 e. The van der Waals surface area contributed by atoms with Gasteiger partial charge in [0.2, 0.25) is 5.91 Å². The number of benzene rings is 1. The second kappa shape index (κ2) is 6.57. The molecule has 4 fully saturated rings. The number of aromatic carboxylic acids is 1. The number of carbonyl (C=O) groups is 3. The Labute approximate surface area is 190 Å². The Bertz CT molecular complexity index is 1110. The summed E-state index contributed by atoms with van der Waals surface area (Å²) in [5, 5.41) is 42.8. The van der Waals surface area contributed by atoms with E-state index < -0.39 is 45.6 Å². The molecule has 2 saturated carbocycles. The molecule has 1 aromatic carbocycles. The summed E-state index contributed by atoms with van der Waals surface area (Å²) in [6.07, 6.45) is 4.92. The van der Waals surface area contributed by atoms with Crippen molar-refractivity contribution < 1.29 is 39.5 Å². The molecular weight excluding hydrogens is 430 g/mol. The minimum atomic E-state index is -1.40. The van der Waals surface area contributed by atoms with Gasteiger partial charge in [0.25, 0.3) is 0 Å². The van der Waals surface area contributed by atoms with Gasteiger partial charge in [0.15, 0.2) is 11.5 Å². The van der Waals surface area contributed by atoms with Crippen molar-refractivity contribution in [3.63, 3.8) is 0 Å². The minimum absolute atomic E-state index is 0.0902. The van der Waals surface area contributed by atoms with Gasteiger partial charge in [-0.3, -0.25) is 9.59 Å². The van der Waals surface area contributed by atoms with Crippen molar-refractivity contribution in [1.29, 1.82) is 0 Å². The summed E-state index contributed by atoms with van der Waals surface area (Å²) in [6.45, 7) is 3.76. The molecule has 176 valence electrons. The number of anilines is 1. The van der Waals surface area contributed by atoms with Gasteiger partial charge in [0, 0.05) is 29.6 Å². The molecule has 1 amide bonds. The third-order valence-corrected chi connectivity index (χ3v) is 8.55. The number of hydrogen-bond acceptors (Lipinski definition) is 7. The van der Waals surface area contributed by atoms with Crippen LogP contribution < -0.4 is 5.32 Å². The Kier molecular flexibility index (Phi) is 4.36. The molecule has 6 atom stereocenters. The van der Waals surface area contributed by atoms with Crippen molar-refractivity contribution >= 4 is 23.3 Å². The first-order valence-electron chi connectivity index (χ1n) is 11.1. The number of aromatic hydroxyl groups is 2. The molecule has 3 aliphatic carbocycles. The Morgan fingerprint density at radius 3 is 2.61 bits per heavy atom. The highest BCUT2D eigenvalue weighted by molar-refractivity contribution is 6.00. The van der Waals surface area contributed by atoms with Crippen molar-refractivity contribution in [2.45, 2.75) is 63.3 Å². The molecule has 0 aromatic heterocycles. The van der Waals surface area contributed by atoms with Crippen LogP contribution in [0.15, 0.2) is 24.3 Å². The number of ether oxygens (including phenoxy) is 1. The lowest BCUT2D eigenvalue weighted by Gasteiger charge is -2.55. The number of amides is 1. The van der Waals surface area contributed by atoms with Crippen LogP contribution in [0.2, 0.25) is 0 Å². The zero-order chi connectivity index (χ0) is 24.0. The first-order chi connectivity index (χ1) is 15.3. The average molecular weight is 457 g/mol. The van der Waals surface area contributed by atoms with Crippen molar-refractivity contribution in [3.8, 4) is 11.5 Å². The third-order valence-electron chi connectivity index (χ3n) is 8.55. The first-order valence-corrected chi connectivity index (χ1v) is 11.1. The number of aliphatic hydroxyl groups is 1. The molecule has 5 N–H and O–H groups in total. The summed E-state index contributed by atoms with van der Waals surface area (Å²) in [6, 6.07) is 2.11. The van der Waals surface area contributed by atoms with Crippen LogP contribution in [0.1, 0.15) is 56.3 Å². The number of carboxylic acids is 1. The zero-order valence-corrected chi connectivity index (χ0v) is 18.4. The lowest BCUT2D eigenvalue weighted by atomic mass is 9.50. The van der Waals surface area contributed by atoms with Crippen LogP contribution in [-0.4, -0.2) is 55.4 Å². The number of hydrogen-bond donors (Lipinski definition) is 5. The predicted molar refractivity (Wildman–Crippen MR) is 115 cm³/mol. The van der Waals surface area contributed by atoms with Crippen molar-refractivity contribution in [2.75, 3.05) is 5.32 Å². The molecule has 5 aliphatic rings. The number of carboxylic acid groups (broad SMARTS) is 1. The van der Waals surface area contributed by atoms with E-state index in [2.05, 4.69) is 5.32 Å². The fraction of sp³-hybridized carbons (Fsp3) is 0.542. The smallest absolute Gasteiger partial charge is 0.339 e. The first kappa shape index (κ1) is 21.9. The van der Waals surface area contributed by atoms with Crippen LogP contribution in [0.5, 0.6) is 11.5 Å². The Morgan fingerprint density at radius 1 is 1.21 bits per heavy atom. The summed E-state index contributed by atoms with van der Waals surface area (Å²) >= 11 is 0. The highest BCUT2D eigenvalue weighted by Gasteiger charge is 2.77. The number of phenols is 2. The summed E-state index contributed by atoms with van der Waals surface area (Å²) in [5.74, 6) is -3.45. The number of nitrogens with one attached hydrogen (secondary N) is 1. The third kappa shape index (κ3) is 2.81. The van der Waals surface area contributed by atoms with Gasteiger partial charge in [-0.05, 0) is 44.4 Å². The SMILES string of the molecule is C[C@@]1(CCC(=O)Nc2c(O)ccc(C(=O)O)c2O)C(=O)C=C[C@]23C[C@@]4(O)C[C@H](O[C@@]4(C)C2)[C@@H]31. The van der Waals surface area contributed by atoms with Crippen LogP contribution in [0, 0.1) is 16.7 Å². The standard InChI is InChI=1S/C24H27NO8/c1-21(7-6-16(28)25-17-13(26)4-3-12(18(17)29)20(30)31)15(27)5-8-23-10-22(2)24(32,11-23)9-14(33-22)19(21)23/h3-5,8,14,19,26,29,32H,6-7,9-11H2,1-2H3,(H,25,28)(H,30,31)/t14-,19+,21+,22-,23+,24-/m0/s1. The fourth-order valence-electron chi connectivity index (χ4n) is 7.09. The quantitative estimate of drug-likeness (QED) is 0.422. The molecule has 2 saturated heterocycles. The molecule has 4 bridgehead atoms. The number of phenolic OH excluding ortho intramolecular Hbond substituents is 1. The molecule has 6 rings (SSSR count). The topological polar surface area (TPSA) is 153 Å². The number of carbonyl (C=O) groups excluding carboxylic acids is 2. The number of allylic oxidation sites excluding steroid dienone is 2. The molecule has 1 spiro atoms. The average Bonchev–Trinajstić information content (AvgIpc) is 3.01. The van der Waals surface area contributed by atoms with E-state index in [1.54, 1.807) is 6.08 Å². The lowest BCUT2D eigenvalue weighted by Crippen LogP contribution is -2.56. The van der Waals surface area contributed by atoms with E-state index in [4.69, 9.17) is 9.84 Å². The molecule has 2 aliphatic heterocycles. The maximum atomic E-state index is 13.1. The van der Waals surface area contributed by atoms with Gasteiger partial charge < -0.3 is 30.5 Å². The van der Waals surface area contributed by atoms with E-state index in [-0.39, 0.29) is 41.7 Å². The summed E-state index contributed by atoms with van der Waals surface area (Å²) in [4.78, 5) is 37.0. The van der Waals surface area contributed by atoms with Crippen LogP contribution >= 0.6 is 0 Å². The fourth-order valence-corrected chi connectivity index (χ4v) is 7.09. The van der Waals surface area contributed by atoms with E-state index in [0.29, 0.717) is 19.3 Å². The predicted octanol–water partition coefficient (Wildman–Crippen LogP) is 2.35. The Balaban J connectivity index is 1.37. The van der Waals surface area contributed by atoms with Gasteiger partial charge >= 0.3 is 5.97 Å². The summed E-state index contributed by atoms with van der Waals surface area (Å²) in [5.41, 5.74) is -3.64. The van der Waals surface area contributed by atoms with E-state index >= 15 is 0 Å². The monoisotopic (exact) mass is 457 g/mol.